The van der Waals surface area contributed by atoms with E-state index in [-0.39, 0.29) is 12.2 Å². The summed E-state index contributed by atoms with van der Waals surface area (Å²) in [4.78, 5) is 29.7. The Balaban J connectivity index is 2.06. The summed E-state index contributed by atoms with van der Waals surface area (Å²) in [7, 11) is 0. The quantitative estimate of drug-likeness (QED) is 0.673. The highest BCUT2D eigenvalue weighted by Crippen LogP contribution is 2.13. The Morgan fingerprint density at radius 1 is 1.04 bits per heavy atom. The first-order chi connectivity index (χ1) is 12.7. The number of alkyl carbamates (subject to hydrolysis) is 1. The number of anilines is 1. The van der Waals surface area contributed by atoms with Crippen LogP contribution in [0.25, 0.3) is 0 Å². The minimum absolute atomic E-state index is 0.115. The first kappa shape index (κ1) is 20.1. The second-order valence-corrected chi connectivity index (χ2v) is 6.96. The summed E-state index contributed by atoms with van der Waals surface area (Å²) >= 11 is 0. The van der Waals surface area contributed by atoms with Gasteiger partial charge in [-0.3, -0.25) is 0 Å². The molecule has 1 amide bonds. The molecular weight excluding hydrogens is 348 g/mol. The van der Waals surface area contributed by atoms with Gasteiger partial charge in [0.05, 0.1) is 5.69 Å². The second-order valence-electron chi connectivity index (χ2n) is 6.96. The van der Waals surface area contributed by atoms with E-state index in [0.29, 0.717) is 5.69 Å². The predicted molar refractivity (Wildman–Crippen MR) is 101 cm³/mol. The lowest BCUT2D eigenvalue weighted by Crippen LogP contribution is -2.46. The monoisotopic (exact) mass is 372 g/mol. The highest BCUT2D eigenvalue weighted by molar-refractivity contribution is 5.82. The Bertz CT molecular complexity index is 754. The number of carbonyl (C=O) groups excluding carboxylic acids is 2. The SMILES string of the molecule is CC(C)(C)OC(=O)N[C@@H](Cc1ccc(O)cc1)C(=O)ONc1ccccc1. The van der Waals surface area contributed by atoms with Crippen molar-refractivity contribution in [3.63, 3.8) is 0 Å². The fourth-order valence-corrected chi connectivity index (χ4v) is 2.20. The van der Waals surface area contributed by atoms with E-state index in [4.69, 9.17) is 9.57 Å². The van der Waals surface area contributed by atoms with Crippen molar-refractivity contribution in [1.29, 1.82) is 0 Å². The van der Waals surface area contributed by atoms with Crippen LogP contribution in [0.2, 0.25) is 0 Å². The van der Waals surface area contributed by atoms with Crippen LogP contribution in [0.4, 0.5) is 10.5 Å². The van der Waals surface area contributed by atoms with Gasteiger partial charge < -0.3 is 20.0 Å². The van der Waals surface area contributed by atoms with E-state index in [1.54, 1.807) is 57.2 Å². The van der Waals surface area contributed by atoms with Gasteiger partial charge in [-0.05, 0) is 50.6 Å². The van der Waals surface area contributed by atoms with E-state index in [9.17, 15) is 14.7 Å². The van der Waals surface area contributed by atoms with Crippen LogP contribution in [0.15, 0.2) is 54.6 Å². The maximum atomic E-state index is 12.5. The van der Waals surface area contributed by atoms with E-state index in [0.717, 1.165) is 5.56 Å². The smallest absolute Gasteiger partial charge is 0.408 e. The fraction of sp³-hybridized carbons (Fsp3) is 0.300. The number of amides is 1. The number of phenolic OH excluding ortho intramolecular Hbond substituents is 1. The molecule has 0 aliphatic heterocycles. The number of aromatic hydroxyl groups is 1. The van der Waals surface area contributed by atoms with Crippen molar-refractivity contribution in [3.8, 4) is 5.75 Å². The van der Waals surface area contributed by atoms with Gasteiger partial charge in [0.15, 0.2) is 0 Å². The van der Waals surface area contributed by atoms with E-state index in [1.165, 1.54) is 12.1 Å². The van der Waals surface area contributed by atoms with Gasteiger partial charge in [-0.15, -0.1) is 0 Å². The summed E-state index contributed by atoms with van der Waals surface area (Å²) in [5, 5.41) is 11.9. The van der Waals surface area contributed by atoms with Gasteiger partial charge in [0.2, 0.25) is 0 Å². The van der Waals surface area contributed by atoms with E-state index in [2.05, 4.69) is 10.8 Å². The molecule has 0 aromatic heterocycles. The van der Waals surface area contributed by atoms with Crippen molar-refractivity contribution in [2.45, 2.75) is 38.8 Å². The molecule has 0 saturated heterocycles. The average molecular weight is 372 g/mol. The zero-order valence-electron chi connectivity index (χ0n) is 15.6. The third-order valence-electron chi connectivity index (χ3n) is 3.39. The molecule has 0 spiro atoms. The van der Waals surface area contributed by atoms with Gasteiger partial charge in [-0.1, -0.05) is 30.3 Å². The number of phenols is 1. The summed E-state index contributed by atoms with van der Waals surface area (Å²) in [6.45, 7) is 5.20. The van der Waals surface area contributed by atoms with Crippen LogP contribution in [0, 0.1) is 0 Å². The van der Waals surface area contributed by atoms with Gasteiger partial charge in [0.25, 0.3) is 0 Å². The van der Waals surface area contributed by atoms with Crippen molar-refractivity contribution in [2.75, 3.05) is 5.48 Å². The summed E-state index contributed by atoms with van der Waals surface area (Å²) in [6, 6.07) is 14.3. The third-order valence-corrected chi connectivity index (χ3v) is 3.39. The van der Waals surface area contributed by atoms with Crippen molar-refractivity contribution in [2.24, 2.45) is 0 Å². The number of benzene rings is 2. The Kier molecular flexibility index (Phi) is 6.65. The van der Waals surface area contributed by atoms with Crippen molar-refractivity contribution < 1.29 is 24.3 Å². The molecule has 2 rings (SSSR count). The Morgan fingerprint density at radius 2 is 1.67 bits per heavy atom. The number of para-hydroxylation sites is 1. The van der Waals surface area contributed by atoms with Crippen LogP contribution in [0.1, 0.15) is 26.3 Å². The molecule has 0 heterocycles. The molecule has 0 saturated carbocycles. The highest BCUT2D eigenvalue weighted by Gasteiger charge is 2.26. The first-order valence-electron chi connectivity index (χ1n) is 8.52. The predicted octanol–water partition coefficient (Wildman–Crippen LogP) is 3.40. The second kappa shape index (κ2) is 8.93. The molecule has 0 aliphatic rings. The van der Waals surface area contributed by atoms with E-state index < -0.39 is 23.7 Å². The van der Waals surface area contributed by atoms with Crippen molar-refractivity contribution >= 4 is 17.7 Å². The minimum atomic E-state index is -0.972. The van der Waals surface area contributed by atoms with Gasteiger partial charge in [-0.2, -0.15) is 0 Å². The Morgan fingerprint density at radius 3 is 2.26 bits per heavy atom. The van der Waals surface area contributed by atoms with Crippen LogP contribution in [-0.2, 0) is 20.8 Å². The van der Waals surface area contributed by atoms with E-state index >= 15 is 0 Å². The molecule has 0 unspecified atom stereocenters. The summed E-state index contributed by atoms with van der Waals surface area (Å²) in [5.41, 5.74) is 3.21. The molecule has 2 aromatic carbocycles. The molecule has 0 fully saturated rings. The lowest BCUT2D eigenvalue weighted by atomic mass is 10.1. The summed E-state index contributed by atoms with van der Waals surface area (Å²) < 4.78 is 5.22. The minimum Gasteiger partial charge on any atom is -0.508 e. The molecule has 7 heteroatoms. The normalized spacial score (nSPS) is 12.0. The molecule has 1 atom stereocenters. The van der Waals surface area contributed by atoms with Crippen molar-refractivity contribution in [1.82, 2.24) is 5.32 Å². The fourth-order valence-electron chi connectivity index (χ4n) is 2.20. The van der Waals surface area contributed by atoms with Crippen LogP contribution in [-0.4, -0.2) is 28.8 Å². The molecule has 27 heavy (non-hydrogen) atoms. The topological polar surface area (TPSA) is 96.9 Å². The van der Waals surface area contributed by atoms with Gasteiger partial charge in [0.1, 0.15) is 17.4 Å². The molecule has 0 aliphatic carbocycles. The standard InChI is InChI=1S/C20H24N2O5/c1-20(2,3)26-19(25)21-17(13-14-9-11-16(23)12-10-14)18(24)27-22-15-7-5-4-6-8-15/h4-12,17,22-23H,13H2,1-3H3,(H,21,25)/t17-/m0/s1. The Hall–Kier alpha value is -3.22. The molecule has 0 bridgehead atoms. The number of carbonyl (C=O) groups is 2. The van der Waals surface area contributed by atoms with Gasteiger partial charge in [0, 0.05) is 6.42 Å². The van der Waals surface area contributed by atoms with Gasteiger partial charge >= 0.3 is 12.1 Å². The number of ether oxygens (including phenoxy) is 1. The van der Waals surface area contributed by atoms with Crippen LogP contribution < -0.4 is 10.8 Å². The largest absolute Gasteiger partial charge is 0.508 e. The molecular formula is C20H24N2O5. The number of nitrogens with one attached hydrogen (secondary N) is 2. The zero-order chi connectivity index (χ0) is 19.9. The maximum absolute atomic E-state index is 12.5. The first-order valence-corrected chi connectivity index (χ1v) is 8.52. The van der Waals surface area contributed by atoms with Crippen molar-refractivity contribution in [3.05, 3.63) is 60.2 Å². The van der Waals surface area contributed by atoms with Gasteiger partial charge in [-0.25, -0.2) is 15.1 Å². The zero-order valence-corrected chi connectivity index (χ0v) is 15.6. The van der Waals surface area contributed by atoms with Crippen LogP contribution >= 0.6 is 0 Å². The molecule has 0 radical (unpaired) electrons. The average Bonchev–Trinajstić information content (AvgIpc) is 2.60. The number of hydrogen-bond donors (Lipinski definition) is 3. The Labute approximate surface area is 158 Å². The number of hydrogen-bond acceptors (Lipinski definition) is 6. The molecule has 7 nitrogen and oxygen atoms in total. The maximum Gasteiger partial charge on any atom is 0.408 e. The lowest BCUT2D eigenvalue weighted by Gasteiger charge is -2.23. The molecule has 3 N–H and O–H groups in total. The number of rotatable bonds is 6. The highest BCUT2D eigenvalue weighted by atomic mass is 16.7. The third kappa shape index (κ3) is 7.27. The van der Waals surface area contributed by atoms with Crippen LogP contribution in [0.3, 0.4) is 0 Å². The molecule has 144 valence electrons. The summed E-state index contributed by atoms with van der Waals surface area (Å²) in [5.74, 6) is -0.554. The lowest BCUT2D eigenvalue weighted by molar-refractivity contribution is -0.143. The van der Waals surface area contributed by atoms with Crippen LogP contribution in [0.5, 0.6) is 5.75 Å². The molecule has 2 aromatic rings. The summed E-state index contributed by atoms with van der Waals surface area (Å²) in [6.07, 6.45) is -0.544. The van der Waals surface area contributed by atoms with E-state index in [1.807, 2.05) is 6.07 Å².